The van der Waals surface area contributed by atoms with Crippen molar-refractivity contribution in [3.05, 3.63) is 42.1 Å². The van der Waals surface area contributed by atoms with Gasteiger partial charge in [0.05, 0.1) is 13.2 Å². The van der Waals surface area contributed by atoms with Gasteiger partial charge in [0.2, 0.25) is 0 Å². The minimum absolute atomic E-state index is 0.121. The largest absolute Gasteiger partial charge is 0.485 e. The SMILES string of the molecule is COC(=O)CCC(C)Oc1c(F)cc(-c2cccnc2SC2CCC2)cc1F. The first-order valence-corrected chi connectivity index (χ1v) is 10.2. The molecule has 7 heteroatoms. The molecule has 0 radical (unpaired) electrons. The van der Waals surface area contributed by atoms with Gasteiger partial charge in [0, 0.05) is 23.4 Å². The Kier molecular flexibility index (Phi) is 6.88. The fraction of sp³-hybridized carbons (Fsp3) is 0.429. The Balaban J connectivity index is 1.77. The Morgan fingerprint density at radius 2 is 2.04 bits per heavy atom. The van der Waals surface area contributed by atoms with E-state index >= 15 is 0 Å². The predicted octanol–water partition coefficient (Wildman–Crippen LogP) is 5.39. The van der Waals surface area contributed by atoms with Gasteiger partial charge in [-0.25, -0.2) is 13.8 Å². The fourth-order valence-corrected chi connectivity index (χ4v) is 4.18. The highest BCUT2D eigenvalue weighted by molar-refractivity contribution is 8.00. The Bertz CT molecular complexity index is 819. The summed E-state index contributed by atoms with van der Waals surface area (Å²) in [5.74, 6) is -2.37. The molecule has 1 saturated carbocycles. The number of ether oxygens (including phenoxy) is 2. The molecule has 1 aliphatic carbocycles. The van der Waals surface area contributed by atoms with Crippen molar-refractivity contribution < 1.29 is 23.0 Å². The average molecular weight is 407 g/mol. The molecule has 0 aliphatic heterocycles. The summed E-state index contributed by atoms with van der Waals surface area (Å²) < 4.78 is 39.2. The van der Waals surface area contributed by atoms with Crippen LogP contribution >= 0.6 is 11.8 Å². The highest BCUT2D eigenvalue weighted by Crippen LogP contribution is 2.40. The first-order chi connectivity index (χ1) is 13.5. The Hall–Kier alpha value is -2.15. The van der Waals surface area contributed by atoms with Gasteiger partial charge >= 0.3 is 5.97 Å². The van der Waals surface area contributed by atoms with E-state index in [1.807, 2.05) is 6.07 Å². The Morgan fingerprint density at radius 1 is 1.32 bits per heavy atom. The average Bonchev–Trinajstić information content (AvgIpc) is 2.65. The molecule has 0 bridgehead atoms. The number of carbonyl (C=O) groups excluding carboxylic acids is 1. The lowest BCUT2D eigenvalue weighted by Gasteiger charge is -2.25. The summed E-state index contributed by atoms with van der Waals surface area (Å²) >= 11 is 1.66. The predicted molar refractivity (Wildman–Crippen MR) is 104 cm³/mol. The molecule has 0 spiro atoms. The van der Waals surface area contributed by atoms with E-state index in [1.165, 1.54) is 25.7 Å². The van der Waals surface area contributed by atoms with Gasteiger partial charge in [0.1, 0.15) is 5.03 Å². The van der Waals surface area contributed by atoms with E-state index in [0.717, 1.165) is 17.9 Å². The minimum Gasteiger partial charge on any atom is -0.485 e. The van der Waals surface area contributed by atoms with Gasteiger partial charge in [0.15, 0.2) is 17.4 Å². The number of esters is 1. The van der Waals surface area contributed by atoms with Crippen LogP contribution < -0.4 is 4.74 Å². The highest BCUT2D eigenvalue weighted by Gasteiger charge is 2.22. The van der Waals surface area contributed by atoms with Crippen molar-refractivity contribution >= 4 is 17.7 Å². The van der Waals surface area contributed by atoms with Crippen molar-refractivity contribution in [2.75, 3.05) is 7.11 Å². The third kappa shape index (κ3) is 5.01. The van der Waals surface area contributed by atoms with Crippen LogP contribution in [0.4, 0.5) is 8.78 Å². The summed E-state index contributed by atoms with van der Waals surface area (Å²) in [6, 6.07) is 6.12. The van der Waals surface area contributed by atoms with Crippen LogP contribution in [0.15, 0.2) is 35.5 Å². The zero-order chi connectivity index (χ0) is 20.1. The molecule has 1 heterocycles. The summed E-state index contributed by atoms with van der Waals surface area (Å²) in [6.45, 7) is 1.66. The molecule has 1 aromatic heterocycles. The number of carbonyl (C=O) groups is 1. The lowest BCUT2D eigenvalue weighted by Crippen LogP contribution is -2.16. The minimum atomic E-state index is -0.775. The summed E-state index contributed by atoms with van der Waals surface area (Å²) in [5, 5.41) is 1.30. The number of benzene rings is 1. The first kappa shape index (κ1) is 20.6. The number of hydrogen-bond acceptors (Lipinski definition) is 5. The van der Waals surface area contributed by atoms with Gasteiger partial charge in [-0.2, -0.15) is 0 Å². The molecule has 1 aromatic carbocycles. The fourth-order valence-electron chi connectivity index (χ4n) is 2.86. The van der Waals surface area contributed by atoms with Crippen LogP contribution in [0.2, 0.25) is 0 Å². The molecule has 4 nitrogen and oxygen atoms in total. The standard InChI is InChI=1S/C21H23F2NO3S/c1-13(8-9-19(25)26-2)27-20-17(22)11-14(12-18(20)23)16-7-4-10-24-21(16)28-15-5-3-6-15/h4,7,10-13,15H,3,5-6,8-9H2,1-2H3. The third-order valence-corrected chi connectivity index (χ3v) is 6.07. The van der Waals surface area contributed by atoms with Gasteiger partial charge in [-0.1, -0.05) is 12.5 Å². The number of pyridine rings is 1. The molecule has 1 aliphatic rings. The van der Waals surface area contributed by atoms with Crippen LogP contribution in [0, 0.1) is 11.6 Å². The van der Waals surface area contributed by atoms with E-state index in [1.54, 1.807) is 30.9 Å². The number of rotatable bonds is 8. The normalized spacial score (nSPS) is 15.0. The third-order valence-electron chi connectivity index (χ3n) is 4.71. The number of nitrogens with zero attached hydrogens (tertiary/aromatic N) is 1. The topological polar surface area (TPSA) is 48.4 Å². The number of aromatic nitrogens is 1. The van der Waals surface area contributed by atoms with Crippen LogP contribution in [0.3, 0.4) is 0 Å². The van der Waals surface area contributed by atoms with Gasteiger partial charge in [-0.15, -0.1) is 11.8 Å². The molecular weight excluding hydrogens is 384 g/mol. The molecule has 1 unspecified atom stereocenters. The van der Waals surface area contributed by atoms with Crippen LogP contribution in [-0.2, 0) is 9.53 Å². The van der Waals surface area contributed by atoms with Crippen molar-refractivity contribution in [3.8, 4) is 16.9 Å². The van der Waals surface area contributed by atoms with Crippen molar-refractivity contribution in [2.24, 2.45) is 0 Å². The number of methoxy groups -OCH3 is 1. The maximum Gasteiger partial charge on any atom is 0.305 e. The Labute approximate surface area is 167 Å². The quantitative estimate of drug-likeness (QED) is 0.549. The van der Waals surface area contributed by atoms with Crippen molar-refractivity contribution in [1.82, 2.24) is 4.98 Å². The molecule has 0 saturated heterocycles. The van der Waals surface area contributed by atoms with Crippen molar-refractivity contribution in [2.45, 2.75) is 55.4 Å². The molecule has 150 valence electrons. The van der Waals surface area contributed by atoms with Crippen molar-refractivity contribution in [3.63, 3.8) is 0 Å². The van der Waals surface area contributed by atoms with Gasteiger partial charge in [-0.05, 0) is 49.9 Å². The number of thioether (sulfide) groups is 1. The molecule has 3 rings (SSSR count). The van der Waals surface area contributed by atoms with E-state index < -0.39 is 23.5 Å². The summed E-state index contributed by atoms with van der Waals surface area (Å²) in [5.41, 5.74) is 1.14. The van der Waals surface area contributed by atoms with Crippen LogP contribution in [-0.4, -0.2) is 29.4 Å². The number of hydrogen-bond donors (Lipinski definition) is 0. The first-order valence-electron chi connectivity index (χ1n) is 9.32. The Morgan fingerprint density at radius 3 is 2.64 bits per heavy atom. The van der Waals surface area contributed by atoms with Crippen LogP contribution in [0.5, 0.6) is 5.75 Å². The number of halogens is 2. The molecule has 2 aromatic rings. The monoisotopic (exact) mass is 407 g/mol. The van der Waals surface area contributed by atoms with Gasteiger partial charge in [-0.3, -0.25) is 4.79 Å². The van der Waals surface area contributed by atoms with E-state index in [0.29, 0.717) is 22.8 Å². The zero-order valence-corrected chi connectivity index (χ0v) is 16.7. The van der Waals surface area contributed by atoms with E-state index in [9.17, 15) is 13.6 Å². The molecule has 1 fully saturated rings. The zero-order valence-electron chi connectivity index (χ0n) is 15.9. The van der Waals surface area contributed by atoms with Gasteiger partial charge < -0.3 is 9.47 Å². The summed E-state index contributed by atoms with van der Waals surface area (Å²) in [4.78, 5) is 15.6. The lowest BCUT2D eigenvalue weighted by atomic mass is 10.00. The summed E-state index contributed by atoms with van der Waals surface area (Å²) in [7, 11) is 1.29. The van der Waals surface area contributed by atoms with E-state index in [-0.39, 0.29) is 12.4 Å². The van der Waals surface area contributed by atoms with Gasteiger partial charge in [0.25, 0.3) is 0 Å². The second kappa shape index (κ2) is 9.37. The second-order valence-electron chi connectivity index (χ2n) is 6.84. The maximum atomic E-state index is 14.6. The molecule has 1 atom stereocenters. The molecule has 0 amide bonds. The second-order valence-corrected chi connectivity index (χ2v) is 8.13. The van der Waals surface area contributed by atoms with Crippen LogP contribution in [0.25, 0.3) is 11.1 Å². The van der Waals surface area contributed by atoms with E-state index in [4.69, 9.17) is 4.74 Å². The smallest absolute Gasteiger partial charge is 0.305 e. The van der Waals surface area contributed by atoms with Crippen LogP contribution in [0.1, 0.15) is 39.0 Å². The summed E-state index contributed by atoms with van der Waals surface area (Å²) in [6.07, 6.45) is 5.08. The molecular formula is C21H23F2NO3S. The molecule has 0 N–H and O–H groups in total. The lowest BCUT2D eigenvalue weighted by molar-refractivity contribution is -0.141. The van der Waals surface area contributed by atoms with E-state index in [2.05, 4.69) is 9.72 Å². The van der Waals surface area contributed by atoms with Crippen molar-refractivity contribution in [1.29, 1.82) is 0 Å². The maximum absolute atomic E-state index is 14.6. The molecule has 28 heavy (non-hydrogen) atoms. The highest BCUT2D eigenvalue weighted by atomic mass is 32.2.